The van der Waals surface area contributed by atoms with Crippen LogP contribution in [0.2, 0.25) is 0 Å². The number of hydrogen-bond donors (Lipinski definition) is 0. The van der Waals surface area contributed by atoms with Crippen LogP contribution in [0.4, 0.5) is 0 Å². The van der Waals surface area contributed by atoms with Crippen LogP contribution >= 0.6 is 0 Å². The summed E-state index contributed by atoms with van der Waals surface area (Å²) < 4.78 is 0. The quantitative estimate of drug-likeness (QED) is 0.108. The van der Waals surface area contributed by atoms with Crippen molar-refractivity contribution in [1.82, 2.24) is 15.0 Å². The first-order valence-corrected chi connectivity index (χ1v) is 16.7. The molecular formula is C47H32IrN3. The van der Waals surface area contributed by atoms with Crippen LogP contribution in [0, 0.1) is 18.2 Å². The van der Waals surface area contributed by atoms with Gasteiger partial charge in [-0.05, 0) is 47.2 Å². The van der Waals surface area contributed by atoms with Crippen molar-refractivity contribution in [1.29, 1.82) is 0 Å². The van der Waals surface area contributed by atoms with Gasteiger partial charge in [0.25, 0.3) is 0 Å². The Labute approximate surface area is 313 Å². The Balaban J connectivity index is 0.00000406. The average molecular weight is 831 g/mol. The fourth-order valence-electron chi connectivity index (χ4n) is 7.17. The van der Waals surface area contributed by atoms with Gasteiger partial charge >= 0.3 is 20.1 Å². The van der Waals surface area contributed by atoms with E-state index in [4.69, 9.17) is 15.0 Å². The van der Waals surface area contributed by atoms with Crippen molar-refractivity contribution < 1.29 is 20.1 Å². The van der Waals surface area contributed by atoms with Crippen LogP contribution in [0.25, 0.3) is 11.3 Å². The Hall–Kier alpha value is -5.80. The van der Waals surface area contributed by atoms with Crippen LogP contribution in [0.15, 0.2) is 194 Å². The smallest absolute Gasteiger partial charge is 0.300 e. The molecule has 0 aliphatic heterocycles. The normalized spacial score (nSPS) is 13.3. The van der Waals surface area contributed by atoms with E-state index in [0.29, 0.717) is 0 Å². The second-order valence-corrected chi connectivity index (χ2v) is 12.1. The van der Waals surface area contributed by atoms with Crippen molar-refractivity contribution >= 4 is 0 Å². The summed E-state index contributed by atoms with van der Waals surface area (Å²) in [7, 11) is 0. The minimum atomic E-state index is -0.821. The van der Waals surface area contributed by atoms with Crippen molar-refractivity contribution in [2.75, 3.05) is 0 Å². The zero-order chi connectivity index (χ0) is 33.6. The summed E-state index contributed by atoms with van der Waals surface area (Å²) in [6, 6.07) is 72.9. The molecule has 0 saturated heterocycles. The van der Waals surface area contributed by atoms with Crippen LogP contribution in [0.1, 0.15) is 44.9 Å². The number of rotatable bonds is 9. The molecule has 0 spiro atoms. The van der Waals surface area contributed by atoms with E-state index in [1.54, 1.807) is 0 Å². The molecule has 0 aliphatic rings. The van der Waals surface area contributed by atoms with Crippen molar-refractivity contribution in [3.8, 4) is 11.3 Å². The number of nitrogens with zero attached hydrogens (tertiary/aromatic N) is 3. The SMILES string of the molecule is [Ir+3].[c-]1ccccc1C(c1[c-]c(-c2cccc(C(c3[c-]cccc3)(c3ccccc3)c3ccccn3)n2)ccc1)(c1ccccc1)c1ccccn1. The van der Waals surface area contributed by atoms with E-state index in [1.807, 2.05) is 73.1 Å². The maximum atomic E-state index is 5.47. The summed E-state index contributed by atoms with van der Waals surface area (Å²) in [6.07, 6.45) is 3.70. The molecule has 0 bridgehead atoms. The van der Waals surface area contributed by atoms with Crippen molar-refractivity contribution in [3.05, 3.63) is 257 Å². The summed E-state index contributed by atoms with van der Waals surface area (Å²) in [5.41, 5.74) is 7.71. The Morgan fingerprint density at radius 2 is 0.882 bits per heavy atom. The number of aromatic nitrogens is 3. The predicted octanol–water partition coefficient (Wildman–Crippen LogP) is 9.70. The maximum Gasteiger partial charge on any atom is 3.00 e. The monoisotopic (exact) mass is 831 g/mol. The summed E-state index contributed by atoms with van der Waals surface area (Å²) in [6.45, 7) is 0. The van der Waals surface area contributed by atoms with Gasteiger partial charge in [-0.1, -0.05) is 84.9 Å². The molecule has 3 aromatic heterocycles. The van der Waals surface area contributed by atoms with Crippen molar-refractivity contribution in [2.24, 2.45) is 0 Å². The molecule has 2 atom stereocenters. The minimum Gasteiger partial charge on any atom is -0.300 e. The Bertz CT molecular complexity index is 1940. The Morgan fingerprint density at radius 3 is 1.45 bits per heavy atom. The van der Waals surface area contributed by atoms with Gasteiger partial charge < -0.3 is 0 Å². The second-order valence-electron chi connectivity index (χ2n) is 12.1. The van der Waals surface area contributed by atoms with Crippen molar-refractivity contribution in [2.45, 2.75) is 10.8 Å². The number of benzene rings is 5. The molecule has 0 radical (unpaired) electrons. The van der Waals surface area contributed by atoms with Gasteiger partial charge in [0.1, 0.15) is 0 Å². The van der Waals surface area contributed by atoms with Gasteiger partial charge in [0, 0.05) is 23.5 Å². The maximum absolute atomic E-state index is 5.47. The largest absolute Gasteiger partial charge is 3.00 e. The number of pyridine rings is 3. The molecule has 8 aromatic rings. The van der Waals surface area contributed by atoms with Crippen molar-refractivity contribution in [3.63, 3.8) is 0 Å². The van der Waals surface area contributed by atoms with E-state index in [2.05, 4.69) is 140 Å². The summed E-state index contributed by atoms with van der Waals surface area (Å²) in [4.78, 5) is 15.4. The van der Waals surface area contributed by atoms with Crippen LogP contribution in [-0.2, 0) is 30.9 Å². The first kappa shape index (κ1) is 33.7. The molecule has 5 aromatic carbocycles. The fraction of sp³-hybridized carbons (Fsp3) is 0.0426. The predicted molar refractivity (Wildman–Crippen MR) is 198 cm³/mol. The van der Waals surface area contributed by atoms with Crippen LogP contribution in [0.3, 0.4) is 0 Å². The van der Waals surface area contributed by atoms with Crippen LogP contribution in [0.5, 0.6) is 0 Å². The topological polar surface area (TPSA) is 38.7 Å². The summed E-state index contributed by atoms with van der Waals surface area (Å²) in [5, 5.41) is 0. The third-order valence-electron chi connectivity index (χ3n) is 9.35. The first-order chi connectivity index (χ1) is 24.8. The van der Waals surface area contributed by atoms with Gasteiger partial charge in [-0.2, -0.15) is 60.7 Å². The number of hydrogen-bond acceptors (Lipinski definition) is 3. The van der Waals surface area contributed by atoms with Crippen LogP contribution in [-0.4, -0.2) is 15.0 Å². The van der Waals surface area contributed by atoms with E-state index in [9.17, 15) is 0 Å². The van der Waals surface area contributed by atoms with Gasteiger partial charge in [-0.15, -0.1) is 46.5 Å². The third kappa shape index (κ3) is 6.04. The van der Waals surface area contributed by atoms with Gasteiger partial charge in [0.2, 0.25) is 0 Å². The molecule has 0 amide bonds. The minimum absolute atomic E-state index is 0. The first-order valence-electron chi connectivity index (χ1n) is 16.7. The van der Waals surface area contributed by atoms with Crippen LogP contribution < -0.4 is 0 Å². The fourth-order valence-corrected chi connectivity index (χ4v) is 7.17. The van der Waals surface area contributed by atoms with E-state index >= 15 is 0 Å². The molecule has 8 rings (SSSR count). The van der Waals surface area contributed by atoms with Gasteiger partial charge in [-0.3, -0.25) is 15.0 Å². The molecule has 0 N–H and O–H groups in total. The molecule has 0 aliphatic carbocycles. The molecule has 4 heteroatoms. The van der Waals surface area contributed by atoms with Gasteiger partial charge in [0.05, 0.1) is 16.8 Å². The van der Waals surface area contributed by atoms with E-state index in [-0.39, 0.29) is 20.1 Å². The van der Waals surface area contributed by atoms with E-state index in [1.165, 1.54) is 0 Å². The zero-order valence-corrected chi connectivity index (χ0v) is 30.0. The third-order valence-corrected chi connectivity index (χ3v) is 9.35. The zero-order valence-electron chi connectivity index (χ0n) is 27.7. The molecule has 51 heavy (non-hydrogen) atoms. The molecule has 244 valence electrons. The molecule has 0 fully saturated rings. The van der Waals surface area contributed by atoms with E-state index < -0.39 is 10.8 Å². The molecular weight excluding hydrogens is 799 g/mol. The van der Waals surface area contributed by atoms with Gasteiger partial charge in [0.15, 0.2) is 0 Å². The second kappa shape index (κ2) is 15.0. The standard InChI is InChI=1S/C47H32N3.Ir/c1-5-20-37(21-6-1)46(38-22-7-2-8-23-38,43-30-13-15-33-48-43)41-28-17-19-36(35-41)42-29-18-32-45(50-42)47(39-24-9-3-10-25-39,40-26-11-4-12-27-40)44-31-14-16-34-49-44;/h1-22,24-26,28-34H;/q-3;+3. The Kier molecular flexibility index (Phi) is 9.90. The molecule has 3 nitrogen and oxygen atoms in total. The summed E-state index contributed by atoms with van der Waals surface area (Å²) in [5.74, 6) is 0. The van der Waals surface area contributed by atoms with E-state index in [0.717, 1.165) is 56.2 Å². The molecule has 0 saturated carbocycles. The molecule has 3 heterocycles. The Morgan fingerprint density at radius 1 is 0.392 bits per heavy atom. The van der Waals surface area contributed by atoms with Gasteiger partial charge in [-0.25, -0.2) is 0 Å². The summed E-state index contributed by atoms with van der Waals surface area (Å²) >= 11 is 0. The molecule has 2 unspecified atom stereocenters. The average Bonchev–Trinajstić information content (AvgIpc) is 3.21.